The minimum atomic E-state index is -0.421. The fourth-order valence-corrected chi connectivity index (χ4v) is 5.52. The lowest BCUT2D eigenvalue weighted by molar-refractivity contribution is -0.384. The van der Waals surface area contributed by atoms with E-state index in [4.69, 9.17) is 0 Å². The largest absolute Gasteiger partial charge is 0.322 e. The molecule has 1 aromatic heterocycles. The van der Waals surface area contributed by atoms with Gasteiger partial charge in [-0.15, -0.1) is 11.3 Å². The molecule has 0 unspecified atom stereocenters. The Labute approximate surface area is 197 Å². The third-order valence-electron chi connectivity index (χ3n) is 5.79. The molecular formula is C26H27N3O3S. The highest BCUT2D eigenvalue weighted by molar-refractivity contribution is 7.16. The quantitative estimate of drug-likeness (QED) is 0.254. The number of amides is 1. The van der Waals surface area contributed by atoms with Crippen molar-refractivity contribution in [1.82, 2.24) is 0 Å². The van der Waals surface area contributed by atoms with Crippen LogP contribution in [0.3, 0.4) is 0 Å². The van der Waals surface area contributed by atoms with Crippen molar-refractivity contribution in [2.45, 2.75) is 52.4 Å². The number of hydrogen-bond acceptors (Lipinski definition) is 5. The molecule has 0 aliphatic heterocycles. The highest BCUT2D eigenvalue weighted by atomic mass is 32.1. The smallest absolute Gasteiger partial charge is 0.269 e. The number of aryl methyl sites for hydroxylation is 3. The molecule has 0 bridgehead atoms. The minimum Gasteiger partial charge on any atom is -0.322 e. The Kier molecular flexibility index (Phi) is 6.99. The maximum atomic E-state index is 13.5. The predicted octanol–water partition coefficient (Wildman–Crippen LogP) is 6.94. The molecular weight excluding hydrogens is 434 g/mol. The van der Waals surface area contributed by atoms with E-state index >= 15 is 0 Å². The van der Waals surface area contributed by atoms with Crippen LogP contribution in [0.5, 0.6) is 0 Å². The number of carbonyl (C=O) groups is 1. The second-order valence-corrected chi connectivity index (χ2v) is 9.62. The van der Waals surface area contributed by atoms with Crippen LogP contribution in [-0.2, 0) is 12.8 Å². The van der Waals surface area contributed by atoms with Gasteiger partial charge in [-0.3, -0.25) is 14.9 Å². The number of nitro benzene ring substituents is 1. The number of fused-ring (bicyclic) bond motifs is 1. The Morgan fingerprint density at radius 3 is 2.36 bits per heavy atom. The van der Waals surface area contributed by atoms with Crippen LogP contribution in [0.15, 0.2) is 47.5 Å². The molecule has 0 fully saturated rings. The highest BCUT2D eigenvalue weighted by Crippen LogP contribution is 2.39. The molecule has 2 aromatic carbocycles. The van der Waals surface area contributed by atoms with E-state index in [9.17, 15) is 14.9 Å². The zero-order valence-electron chi connectivity index (χ0n) is 18.9. The first-order chi connectivity index (χ1) is 15.9. The molecule has 4 rings (SSSR count). The molecule has 0 saturated carbocycles. The van der Waals surface area contributed by atoms with Crippen molar-refractivity contribution < 1.29 is 9.72 Å². The molecule has 0 spiro atoms. The van der Waals surface area contributed by atoms with Gasteiger partial charge in [-0.25, -0.2) is 4.99 Å². The third kappa shape index (κ3) is 5.54. The van der Waals surface area contributed by atoms with Gasteiger partial charge in [-0.1, -0.05) is 18.9 Å². The van der Waals surface area contributed by atoms with E-state index < -0.39 is 4.92 Å². The fourth-order valence-electron chi connectivity index (χ4n) is 4.29. The molecule has 170 valence electrons. The van der Waals surface area contributed by atoms with Crippen LogP contribution in [0, 0.1) is 24.0 Å². The van der Waals surface area contributed by atoms with Crippen molar-refractivity contribution in [2.24, 2.45) is 4.99 Å². The third-order valence-corrected chi connectivity index (χ3v) is 6.99. The van der Waals surface area contributed by atoms with Gasteiger partial charge in [0.15, 0.2) is 0 Å². The number of hydrogen-bond donors (Lipinski definition) is 1. The molecule has 3 aromatic rings. The fraction of sp³-hybridized carbons (Fsp3) is 0.308. The molecule has 1 N–H and O–H groups in total. The van der Waals surface area contributed by atoms with Crippen molar-refractivity contribution in [3.8, 4) is 0 Å². The zero-order chi connectivity index (χ0) is 23.4. The topological polar surface area (TPSA) is 84.6 Å². The average Bonchev–Trinajstić information content (AvgIpc) is 3.08. The van der Waals surface area contributed by atoms with Gasteiger partial charge in [-0.05, 0) is 86.1 Å². The standard InChI is InChI=1S/C26H27N3O3S/c1-17-13-18(2)15-20(14-17)28-25(30)24-22-7-5-3-4-6-8-23(22)33-26(24)27-16-19-9-11-21(12-10-19)29(31)32/h9-16H,3-8H2,1-2H3,(H,28,30). The maximum Gasteiger partial charge on any atom is 0.269 e. The second-order valence-electron chi connectivity index (χ2n) is 8.54. The lowest BCUT2D eigenvalue weighted by atomic mass is 9.96. The summed E-state index contributed by atoms with van der Waals surface area (Å²) < 4.78 is 0. The number of rotatable bonds is 5. The van der Waals surface area contributed by atoms with E-state index in [1.54, 1.807) is 29.7 Å². The van der Waals surface area contributed by atoms with Crippen LogP contribution in [0.2, 0.25) is 0 Å². The number of non-ortho nitro benzene ring substituents is 1. The Balaban J connectivity index is 1.69. The van der Waals surface area contributed by atoms with Crippen molar-refractivity contribution in [2.75, 3.05) is 5.32 Å². The van der Waals surface area contributed by atoms with Crippen molar-refractivity contribution in [1.29, 1.82) is 0 Å². The highest BCUT2D eigenvalue weighted by Gasteiger charge is 2.24. The Morgan fingerprint density at radius 2 is 1.70 bits per heavy atom. The Bertz CT molecular complexity index is 1190. The van der Waals surface area contributed by atoms with Gasteiger partial charge in [0.1, 0.15) is 5.00 Å². The van der Waals surface area contributed by atoms with Crippen LogP contribution in [0.4, 0.5) is 16.4 Å². The maximum absolute atomic E-state index is 13.5. The molecule has 33 heavy (non-hydrogen) atoms. The number of nitrogens with zero attached hydrogens (tertiary/aromatic N) is 2. The summed E-state index contributed by atoms with van der Waals surface area (Å²) in [5.41, 5.74) is 5.56. The number of benzene rings is 2. The molecule has 1 heterocycles. The van der Waals surface area contributed by atoms with Gasteiger partial charge in [0, 0.05) is 28.9 Å². The molecule has 7 heteroatoms. The molecule has 1 aliphatic rings. The summed E-state index contributed by atoms with van der Waals surface area (Å²) in [6.45, 7) is 4.03. The first kappa shape index (κ1) is 22.9. The van der Waals surface area contributed by atoms with E-state index in [0.717, 1.165) is 53.6 Å². The summed E-state index contributed by atoms with van der Waals surface area (Å²) in [4.78, 5) is 29.9. The normalized spacial score (nSPS) is 13.9. The van der Waals surface area contributed by atoms with E-state index in [1.807, 2.05) is 26.0 Å². The van der Waals surface area contributed by atoms with Gasteiger partial charge in [-0.2, -0.15) is 0 Å². The van der Waals surface area contributed by atoms with Gasteiger partial charge in [0.25, 0.3) is 11.6 Å². The predicted molar refractivity (Wildman–Crippen MR) is 134 cm³/mol. The van der Waals surface area contributed by atoms with E-state index in [1.165, 1.54) is 29.9 Å². The first-order valence-electron chi connectivity index (χ1n) is 11.2. The number of nitro groups is 1. The molecule has 6 nitrogen and oxygen atoms in total. The number of nitrogens with one attached hydrogen (secondary N) is 1. The summed E-state index contributed by atoms with van der Waals surface area (Å²) >= 11 is 1.59. The Morgan fingerprint density at radius 1 is 1.03 bits per heavy atom. The van der Waals surface area contributed by atoms with Crippen molar-refractivity contribution >= 4 is 39.8 Å². The molecule has 0 atom stereocenters. The van der Waals surface area contributed by atoms with Crippen LogP contribution in [0.25, 0.3) is 0 Å². The van der Waals surface area contributed by atoms with E-state index in [2.05, 4.69) is 16.4 Å². The van der Waals surface area contributed by atoms with Crippen molar-refractivity contribution in [3.63, 3.8) is 0 Å². The second kappa shape index (κ2) is 10.1. The van der Waals surface area contributed by atoms with E-state index in [-0.39, 0.29) is 11.6 Å². The number of aliphatic imine (C=N–C) groups is 1. The number of thiophene rings is 1. The average molecular weight is 462 g/mol. The van der Waals surface area contributed by atoms with Crippen LogP contribution < -0.4 is 5.32 Å². The lowest BCUT2D eigenvalue weighted by Gasteiger charge is -2.12. The van der Waals surface area contributed by atoms with Crippen LogP contribution in [0.1, 0.15) is 63.2 Å². The summed E-state index contributed by atoms with van der Waals surface area (Å²) in [6.07, 6.45) is 8.11. The van der Waals surface area contributed by atoms with E-state index in [0.29, 0.717) is 10.6 Å². The minimum absolute atomic E-state index is 0.0414. The first-order valence-corrected chi connectivity index (χ1v) is 12.0. The monoisotopic (exact) mass is 461 g/mol. The summed E-state index contributed by atoms with van der Waals surface area (Å²) in [5, 5.41) is 14.7. The van der Waals surface area contributed by atoms with Crippen LogP contribution in [-0.4, -0.2) is 17.0 Å². The molecule has 1 amide bonds. The van der Waals surface area contributed by atoms with Gasteiger partial charge >= 0.3 is 0 Å². The molecule has 0 radical (unpaired) electrons. The molecule has 1 aliphatic carbocycles. The van der Waals surface area contributed by atoms with Crippen LogP contribution >= 0.6 is 11.3 Å². The zero-order valence-corrected chi connectivity index (χ0v) is 19.7. The summed E-state index contributed by atoms with van der Waals surface area (Å²) in [6, 6.07) is 12.3. The summed E-state index contributed by atoms with van der Waals surface area (Å²) in [5.74, 6) is -0.131. The summed E-state index contributed by atoms with van der Waals surface area (Å²) in [7, 11) is 0. The van der Waals surface area contributed by atoms with Gasteiger partial charge in [0.05, 0.1) is 10.5 Å². The molecule has 0 saturated heterocycles. The van der Waals surface area contributed by atoms with Gasteiger partial charge < -0.3 is 5.32 Å². The SMILES string of the molecule is Cc1cc(C)cc(NC(=O)c2c(N=Cc3ccc([N+](=O)[O-])cc3)sc3c2CCCCCC3)c1. The van der Waals surface area contributed by atoms with Gasteiger partial charge in [0.2, 0.25) is 0 Å². The lowest BCUT2D eigenvalue weighted by Crippen LogP contribution is -2.14. The Hall–Kier alpha value is -3.32. The van der Waals surface area contributed by atoms with Crippen molar-refractivity contribution in [3.05, 3.63) is 85.3 Å². The number of carbonyl (C=O) groups excluding carboxylic acids is 1. The number of anilines is 1.